The first-order chi connectivity index (χ1) is 8.63. The van der Waals surface area contributed by atoms with Crippen LogP contribution in [0, 0.1) is 0 Å². The Morgan fingerprint density at radius 1 is 1.56 bits per heavy atom. The Kier molecular flexibility index (Phi) is 3.45. The van der Waals surface area contributed by atoms with E-state index in [1.54, 1.807) is 4.90 Å². The Balaban J connectivity index is 2.27. The molecule has 0 spiro atoms. The van der Waals surface area contributed by atoms with Crippen LogP contribution in [-0.4, -0.2) is 40.1 Å². The fourth-order valence-electron chi connectivity index (χ4n) is 2.08. The fraction of sp³-hybridized carbons (Fsp3) is 0.417. The van der Waals surface area contributed by atoms with E-state index < -0.39 is 5.97 Å². The molecule has 0 bridgehead atoms. The number of aromatic carboxylic acids is 1. The topological polar surface area (TPSA) is 82.5 Å². The molecule has 6 nitrogen and oxygen atoms in total. The summed E-state index contributed by atoms with van der Waals surface area (Å²) in [6.45, 7) is 3.27. The molecule has 2 amide bonds. The van der Waals surface area contributed by atoms with E-state index in [-0.39, 0.29) is 11.6 Å². The maximum Gasteiger partial charge on any atom is 0.336 e. The number of amides is 2. The molecule has 2 N–H and O–H groups in total. The van der Waals surface area contributed by atoms with Gasteiger partial charge < -0.3 is 15.3 Å². The quantitative estimate of drug-likeness (QED) is 0.814. The van der Waals surface area contributed by atoms with E-state index in [0.717, 1.165) is 5.69 Å². The smallest absolute Gasteiger partial charge is 0.336 e. The molecule has 0 radical (unpaired) electrons. The van der Waals surface area contributed by atoms with Crippen LogP contribution in [0.3, 0.4) is 0 Å². The van der Waals surface area contributed by atoms with Crippen LogP contribution in [0.25, 0.3) is 0 Å². The number of carbonyl (C=O) groups is 2. The molecule has 0 aromatic carbocycles. The molecule has 2 heterocycles. The van der Waals surface area contributed by atoms with Crippen molar-refractivity contribution in [3.63, 3.8) is 0 Å². The molecule has 96 valence electrons. The number of hydrogen-bond donors (Lipinski definition) is 2. The van der Waals surface area contributed by atoms with Crippen LogP contribution >= 0.6 is 0 Å². The summed E-state index contributed by atoms with van der Waals surface area (Å²) in [5.74, 6) is -0.980. The highest BCUT2D eigenvalue weighted by Gasteiger charge is 2.25. The highest BCUT2D eigenvalue weighted by atomic mass is 16.4. The van der Waals surface area contributed by atoms with Gasteiger partial charge in [0.05, 0.1) is 12.1 Å². The summed E-state index contributed by atoms with van der Waals surface area (Å²) in [4.78, 5) is 28.7. The lowest BCUT2D eigenvalue weighted by Crippen LogP contribution is -2.43. The molecule has 1 aliphatic heterocycles. The predicted octanol–water partition coefficient (Wildman–Crippen LogP) is 0.867. The van der Waals surface area contributed by atoms with Gasteiger partial charge in [0.15, 0.2) is 0 Å². The van der Waals surface area contributed by atoms with E-state index in [4.69, 9.17) is 5.11 Å². The number of urea groups is 1. The van der Waals surface area contributed by atoms with Crippen LogP contribution in [0.2, 0.25) is 0 Å². The van der Waals surface area contributed by atoms with E-state index in [1.165, 1.54) is 12.3 Å². The van der Waals surface area contributed by atoms with Crippen molar-refractivity contribution in [1.82, 2.24) is 15.2 Å². The molecule has 6 heteroatoms. The predicted molar refractivity (Wildman–Crippen MR) is 64.4 cm³/mol. The lowest BCUT2D eigenvalue weighted by Gasteiger charge is -2.29. The molecule has 0 saturated carbocycles. The minimum atomic E-state index is -0.980. The van der Waals surface area contributed by atoms with Crippen molar-refractivity contribution in [2.24, 2.45) is 0 Å². The Morgan fingerprint density at radius 2 is 2.33 bits per heavy atom. The molecule has 1 aromatic rings. The summed E-state index contributed by atoms with van der Waals surface area (Å²) < 4.78 is 0. The molecule has 0 saturated heterocycles. The highest BCUT2D eigenvalue weighted by Crippen LogP contribution is 2.20. The van der Waals surface area contributed by atoms with Gasteiger partial charge in [-0.2, -0.15) is 0 Å². The number of pyridine rings is 1. The summed E-state index contributed by atoms with van der Waals surface area (Å²) >= 11 is 0. The van der Waals surface area contributed by atoms with Gasteiger partial charge in [0.2, 0.25) is 0 Å². The van der Waals surface area contributed by atoms with Crippen LogP contribution in [0.5, 0.6) is 0 Å². The van der Waals surface area contributed by atoms with Crippen LogP contribution in [0.1, 0.15) is 28.5 Å². The third kappa shape index (κ3) is 2.27. The minimum Gasteiger partial charge on any atom is -0.478 e. The van der Waals surface area contributed by atoms with Crippen molar-refractivity contribution >= 4 is 12.0 Å². The Labute approximate surface area is 105 Å². The van der Waals surface area contributed by atoms with Gasteiger partial charge in [0, 0.05) is 37.0 Å². The van der Waals surface area contributed by atoms with Gasteiger partial charge in [0.1, 0.15) is 0 Å². The zero-order chi connectivity index (χ0) is 13.1. The maximum absolute atomic E-state index is 11.7. The Hall–Kier alpha value is -2.11. The summed E-state index contributed by atoms with van der Waals surface area (Å²) in [5, 5.41) is 11.8. The molecule has 0 fully saturated rings. The van der Waals surface area contributed by atoms with Crippen LogP contribution in [-0.2, 0) is 13.0 Å². The average molecular weight is 249 g/mol. The van der Waals surface area contributed by atoms with Crippen molar-refractivity contribution in [2.45, 2.75) is 19.9 Å². The van der Waals surface area contributed by atoms with E-state index in [1.807, 2.05) is 6.92 Å². The maximum atomic E-state index is 11.7. The number of carbonyl (C=O) groups excluding carboxylic acids is 1. The molecule has 2 rings (SSSR count). The molecule has 0 aliphatic carbocycles. The Morgan fingerprint density at radius 3 is 3.00 bits per heavy atom. The van der Waals surface area contributed by atoms with Gasteiger partial charge in [-0.1, -0.05) is 0 Å². The molecular weight excluding hydrogens is 234 g/mol. The molecule has 0 atom stereocenters. The third-order valence-electron chi connectivity index (χ3n) is 2.96. The zero-order valence-electron chi connectivity index (χ0n) is 10.1. The number of carboxylic acids is 1. The highest BCUT2D eigenvalue weighted by molar-refractivity contribution is 5.89. The van der Waals surface area contributed by atoms with Gasteiger partial charge >= 0.3 is 12.0 Å². The number of hydrogen-bond acceptors (Lipinski definition) is 3. The van der Waals surface area contributed by atoms with Gasteiger partial charge in [-0.15, -0.1) is 0 Å². The first kappa shape index (κ1) is 12.3. The normalized spacial score (nSPS) is 13.9. The molecule has 18 heavy (non-hydrogen) atoms. The largest absolute Gasteiger partial charge is 0.478 e. The van der Waals surface area contributed by atoms with Gasteiger partial charge in [-0.05, 0) is 13.0 Å². The van der Waals surface area contributed by atoms with Crippen LogP contribution < -0.4 is 5.32 Å². The number of fused-ring (bicyclic) bond motifs is 1. The first-order valence-corrected chi connectivity index (χ1v) is 5.86. The third-order valence-corrected chi connectivity index (χ3v) is 2.96. The first-order valence-electron chi connectivity index (χ1n) is 5.86. The lowest BCUT2D eigenvalue weighted by atomic mass is 10.0. The van der Waals surface area contributed by atoms with E-state index >= 15 is 0 Å². The molecule has 0 unspecified atom stereocenters. The summed E-state index contributed by atoms with van der Waals surface area (Å²) in [5.41, 5.74) is 1.65. The minimum absolute atomic E-state index is 0.164. The second-order valence-electron chi connectivity index (χ2n) is 4.10. The van der Waals surface area contributed by atoms with E-state index in [0.29, 0.717) is 31.6 Å². The van der Waals surface area contributed by atoms with Crippen molar-refractivity contribution in [2.75, 3.05) is 13.1 Å². The average Bonchev–Trinajstić information content (AvgIpc) is 2.37. The summed E-state index contributed by atoms with van der Waals surface area (Å²) in [6.07, 6.45) is 2.09. The van der Waals surface area contributed by atoms with E-state index in [9.17, 15) is 9.59 Å². The molecular formula is C12H15N3O3. The van der Waals surface area contributed by atoms with Crippen LogP contribution in [0.4, 0.5) is 4.79 Å². The second-order valence-corrected chi connectivity index (χ2v) is 4.10. The summed E-state index contributed by atoms with van der Waals surface area (Å²) in [6, 6.07) is 1.31. The van der Waals surface area contributed by atoms with Crippen molar-refractivity contribution in [3.8, 4) is 0 Å². The summed E-state index contributed by atoms with van der Waals surface area (Å²) in [7, 11) is 0. The number of nitrogens with zero attached hydrogens (tertiary/aromatic N) is 2. The van der Waals surface area contributed by atoms with Gasteiger partial charge in [-0.3, -0.25) is 4.98 Å². The SMILES string of the molecule is CCNC(=O)N1CCc2nccc(C(=O)O)c2C1. The standard InChI is InChI=1S/C12H15N3O3/c1-2-13-12(18)15-6-4-10-9(7-15)8(11(16)17)3-5-14-10/h3,5H,2,4,6-7H2,1H3,(H,13,18)(H,16,17). The van der Waals surface area contributed by atoms with E-state index in [2.05, 4.69) is 10.3 Å². The van der Waals surface area contributed by atoms with Crippen molar-refractivity contribution < 1.29 is 14.7 Å². The van der Waals surface area contributed by atoms with Crippen molar-refractivity contribution in [3.05, 3.63) is 29.1 Å². The number of rotatable bonds is 2. The van der Waals surface area contributed by atoms with Gasteiger partial charge in [-0.25, -0.2) is 9.59 Å². The zero-order valence-corrected chi connectivity index (χ0v) is 10.1. The van der Waals surface area contributed by atoms with Crippen LogP contribution in [0.15, 0.2) is 12.3 Å². The van der Waals surface area contributed by atoms with Crippen molar-refractivity contribution in [1.29, 1.82) is 0 Å². The molecule has 1 aliphatic rings. The van der Waals surface area contributed by atoms with Gasteiger partial charge in [0.25, 0.3) is 0 Å². The number of carboxylic acid groups (broad SMARTS) is 1. The fourth-order valence-corrected chi connectivity index (χ4v) is 2.08. The Bertz CT molecular complexity index is 487. The monoisotopic (exact) mass is 249 g/mol. The number of nitrogens with one attached hydrogen (secondary N) is 1. The number of aromatic nitrogens is 1. The lowest BCUT2D eigenvalue weighted by molar-refractivity contribution is 0.0693. The second kappa shape index (κ2) is 5.03. The molecule has 1 aromatic heterocycles.